The number of unbranched alkanes of at least 4 members (excludes halogenated alkanes) is 1. The smallest absolute Gasteiger partial charge is 0.201 e. The van der Waals surface area contributed by atoms with Crippen LogP contribution in [0.5, 0.6) is 11.5 Å². The lowest BCUT2D eigenvalue weighted by atomic mass is 9.98. The van der Waals surface area contributed by atoms with Gasteiger partial charge >= 0.3 is 0 Å². The van der Waals surface area contributed by atoms with E-state index in [9.17, 15) is 18.3 Å². The van der Waals surface area contributed by atoms with Crippen molar-refractivity contribution in [3.05, 3.63) is 47.3 Å². The van der Waals surface area contributed by atoms with E-state index in [0.717, 1.165) is 32.3 Å². The van der Waals surface area contributed by atoms with Gasteiger partial charge in [-0.2, -0.15) is 4.39 Å². The van der Waals surface area contributed by atoms with Crippen LogP contribution in [0.15, 0.2) is 24.3 Å². The first-order valence-corrected chi connectivity index (χ1v) is 9.76. The third-order valence-electron chi connectivity index (χ3n) is 5.05. The van der Waals surface area contributed by atoms with Gasteiger partial charge in [0.25, 0.3) is 0 Å². The molecule has 1 aliphatic rings. The Morgan fingerprint density at radius 1 is 1.07 bits per heavy atom. The van der Waals surface area contributed by atoms with Crippen molar-refractivity contribution in [2.75, 3.05) is 13.2 Å². The second kappa shape index (κ2) is 9.32. The number of hydrogen-bond donors (Lipinski definition) is 1. The zero-order valence-corrected chi connectivity index (χ0v) is 15.9. The van der Waals surface area contributed by atoms with Gasteiger partial charge in [0.2, 0.25) is 5.82 Å². The van der Waals surface area contributed by atoms with Crippen molar-refractivity contribution in [3.8, 4) is 22.6 Å². The van der Waals surface area contributed by atoms with E-state index >= 15 is 0 Å². The summed E-state index contributed by atoms with van der Waals surface area (Å²) in [5.74, 6) is -3.99. The van der Waals surface area contributed by atoms with Crippen LogP contribution in [0, 0.1) is 17.5 Å². The van der Waals surface area contributed by atoms with Crippen molar-refractivity contribution in [2.24, 2.45) is 0 Å². The van der Waals surface area contributed by atoms with Crippen LogP contribution in [0.25, 0.3) is 11.1 Å². The highest BCUT2D eigenvalue weighted by Gasteiger charge is 2.22. The van der Waals surface area contributed by atoms with Crippen LogP contribution >= 0.6 is 0 Å². The minimum Gasteiger partial charge on any atom is -0.504 e. The van der Waals surface area contributed by atoms with Crippen LogP contribution in [0.2, 0.25) is 0 Å². The van der Waals surface area contributed by atoms with Crippen molar-refractivity contribution < 1.29 is 27.8 Å². The molecule has 0 amide bonds. The van der Waals surface area contributed by atoms with Gasteiger partial charge in [0.15, 0.2) is 23.1 Å². The zero-order chi connectivity index (χ0) is 20.1. The minimum atomic E-state index is -1.17. The fourth-order valence-electron chi connectivity index (χ4n) is 3.38. The molecule has 0 aliphatic carbocycles. The Labute approximate surface area is 163 Å². The average molecular weight is 394 g/mol. The molecule has 1 N–H and O–H groups in total. The number of aryl methyl sites for hydroxylation is 1. The Morgan fingerprint density at radius 3 is 2.57 bits per heavy atom. The first kappa shape index (κ1) is 20.5. The molecule has 28 heavy (non-hydrogen) atoms. The quantitative estimate of drug-likeness (QED) is 0.578. The number of benzene rings is 2. The van der Waals surface area contributed by atoms with Crippen LogP contribution in [0.3, 0.4) is 0 Å². The van der Waals surface area contributed by atoms with E-state index in [0.29, 0.717) is 18.4 Å². The lowest BCUT2D eigenvalue weighted by molar-refractivity contribution is 0.104. The highest BCUT2D eigenvalue weighted by atomic mass is 19.2. The number of rotatable bonds is 8. The van der Waals surface area contributed by atoms with Gasteiger partial charge in [-0.15, -0.1) is 0 Å². The van der Waals surface area contributed by atoms with Crippen LogP contribution in [0.4, 0.5) is 13.2 Å². The Hall–Kier alpha value is -2.21. The van der Waals surface area contributed by atoms with E-state index in [1.165, 1.54) is 24.3 Å². The summed E-state index contributed by atoms with van der Waals surface area (Å²) in [6, 6.07) is 5.51. The summed E-state index contributed by atoms with van der Waals surface area (Å²) in [5.41, 5.74) is 0.0365. The SMILES string of the molecule is CCCCOc1ccc(-c2ccc(CCC3CCCO3)c(F)c2O)c(F)c1F. The van der Waals surface area contributed by atoms with Gasteiger partial charge in [-0.1, -0.05) is 25.5 Å². The Balaban J connectivity index is 1.81. The van der Waals surface area contributed by atoms with Gasteiger partial charge in [0, 0.05) is 17.7 Å². The molecule has 2 aromatic carbocycles. The molecule has 1 aliphatic heterocycles. The highest BCUT2D eigenvalue weighted by Crippen LogP contribution is 2.37. The van der Waals surface area contributed by atoms with Crippen molar-refractivity contribution in [2.45, 2.75) is 51.6 Å². The fraction of sp³-hybridized carbons (Fsp3) is 0.455. The van der Waals surface area contributed by atoms with E-state index < -0.39 is 23.2 Å². The van der Waals surface area contributed by atoms with Crippen molar-refractivity contribution in [1.82, 2.24) is 0 Å². The van der Waals surface area contributed by atoms with Crippen LogP contribution in [-0.2, 0) is 11.2 Å². The van der Waals surface area contributed by atoms with Gasteiger partial charge in [0.05, 0.1) is 12.7 Å². The number of ether oxygens (including phenoxy) is 2. The van der Waals surface area contributed by atoms with Crippen molar-refractivity contribution >= 4 is 0 Å². The van der Waals surface area contributed by atoms with E-state index in [1.54, 1.807) is 0 Å². The first-order valence-electron chi connectivity index (χ1n) is 9.76. The Morgan fingerprint density at radius 2 is 1.86 bits per heavy atom. The molecule has 1 fully saturated rings. The molecule has 3 rings (SSSR count). The number of phenolic OH excluding ortho intramolecular Hbond substituents is 1. The third kappa shape index (κ3) is 4.43. The topological polar surface area (TPSA) is 38.7 Å². The number of halogens is 3. The van der Waals surface area contributed by atoms with E-state index in [4.69, 9.17) is 9.47 Å². The number of phenols is 1. The molecule has 1 heterocycles. The molecule has 1 saturated heterocycles. The molecular formula is C22H25F3O3. The summed E-state index contributed by atoms with van der Waals surface area (Å²) in [6.45, 7) is 2.97. The standard InChI is InChI=1S/C22H25F3O3/c1-2-3-12-28-18-11-10-16(20(24)21(18)25)17-9-7-14(19(23)22(17)26)6-8-15-5-4-13-27-15/h7,9-11,15,26H,2-6,8,12-13H2,1H3. The lowest BCUT2D eigenvalue weighted by Gasteiger charge is -2.14. The predicted octanol–water partition coefficient (Wildman–Crippen LogP) is 5.77. The summed E-state index contributed by atoms with van der Waals surface area (Å²) < 4.78 is 54.2. The van der Waals surface area contributed by atoms with Gasteiger partial charge in [0.1, 0.15) is 0 Å². The molecule has 152 valence electrons. The highest BCUT2D eigenvalue weighted by molar-refractivity contribution is 5.72. The van der Waals surface area contributed by atoms with Crippen LogP contribution < -0.4 is 4.74 Å². The summed E-state index contributed by atoms with van der Waals surface area (Å²) in [7, 11) is 0. The molecular weight excluding hydrogens is 369 g/mol. The summed E-state index contributed by atoms with van der Waals surface area (Å²) in [5, 5.41) is 10.3. The van der Waals surface area contributed by atoms with Crippen LogP contribution in [-0.4, -0.2) is 24.4 Å². The molecule has 3 nitrogen and oxygen atoms in total. The zero-order valence-electron chi connectivity index (χ0n) is 15.9. The summed E-state index contributed by atoms with van der Waals surface area (Å²) in [6.07, 6.45) is 4.71. The number of aromatic hydroxyl groups is 1. The normalized spacial score (nSPS) is 16.5. The fourth-order valence-corrected chi connectivity index (χ4v) is 3.38. The van der Waals surface area contributed by atoms with Gasteiger partial charge in [-0.05, 0) is 49.8 Å². The molecule has 2 aromatic rings. The minimum absolute atomic E-state index is 0.0881. The molecule has 0 radical (unpaired) electrons. The molecule has 0 spiro atoms. The van der Waals surface area contributed by atoms with Gasteiger partial charge in [-0.3, -0.25) is 0 Å². The van der Waals surface area contributed by atoms with E-state index in [-0.39, 0.29) is 29.6 Å². The average Bonchev–Trinajstić information content (AvgIpc) is 3.21. The first-order chi connectivity index (χ1) is 13.5. The molecule has 0 aromatic heterocycles. The van der Waals surface area contributed by atoms with E-state index in [1.807, 2.05) is 6.92 Å². The lowest BCUT2D eigenvalue weighted by Crippen LogP contribution is -2.07. The third-order valence-corrected chi connectivity index (χ3v) is 5.05. The maximum atomic E-state index is 14.6. The molecule has 0 bridgehead atoms. The van der Waals surface area contributed by atoms with Gasteiger partial charge < -0.3 is 14.6 Å². The monoisotopic (exact) mass is 394 g/mol. The Kier molecular flexibility index (Phi) is 6.83. The molecule has 1 atom stereocenters. The van der Waals surface area contributed by atoms with Crippen molar-refractivity contribution in [1.29, 1.82) is 0 Å². The maximum absolute atomic E-state index is 14.6. The van der Waals surface area contributed by atoms with Crippen LogP contribution in [0.1, 0.15) is 44.6 Å². The largest absolute Gasteiger partial charge is 0.504 e. The summed E-state index contributed by atoms with van der Waals surface area (Å²) >= 11 is 0. The molecule has 0 saturated carbocycles. The molecule has 1 unspecified atom stereocenters. The summed E-state index contributed by atoms with van der Waals surface area (Å²) in [4.78, 5) is 0. The Bertz CT molecular complexity index is 817. The predicted molar refractivity (Wildman–Crippen MR) is 101 cm³/mol. The number of hydrogen-bond acceptors (Lipinski definition) is 3. The van der Waals surface area contributed by atoms with E-state index in [2.05, 4.69) is 0 Å². The second-order valence-corrected chi connectivity index (χ2v) is 7.05. The van der Waals surface area contributed by atoms with Gasteiger partial charge in [-0.25, -0.2) is 8.78 Å². The second-order valence-electron chi connectivity index (χ2n) is 7.05. The maximum Gasteiger partial charge on any atom is 0.201 e. The van der Waals surface area contributed by atoms with Crippen molar-refractivity contribution in [3.63, 3.8) is 0 Å². The molecule has 6 heteroatoms.